The normalized spacial score (nSPS) is 28.0. The number of morpholine rings is 1. The van der Waals surface area contributed by atoms with E-state index >= 15 is 0 Å². The lowest BCUT2D eigenvalue weighted by atomic mass is 9.80. The zero-order chi connectivity index (χ0) is 22.8. The molecule has 0 radical (unpaired) electrons. The zero-order valence-electron chi connectivity index (χ0n) is 19.9. The predicted octanol–water partition coefficient (Wildman–Crippen LogP) is 5.91. The fourth-order valence-corrected chi connectivity index (χ4v) is 6.73. The van der Waals surface area contributed by atoms with Gasteiger partial charge in [0.05, 0.1) is 33.4 Å². The number of nitrogens with zero attached hydrogens (tertiary/aromatic N) is 1. The predicted molar refractivity (Wildman–Crippen MR) is 131 cm³/mol. The third-order valence-electron chi connectivity index (χ3n) is 6.97. The van der Waals surface area contributed by atoms with Crippen LogP contribution in [0.1, 0.15) is 72.3 Å². The second-order valence-electron chi connectivity index (χ2n) is 10.8. The molecule has 1 saturated carbocycles. The van der Waals surface area contributed by atoms with Gasteiger partial charge in [-0.1, -0.05) is 30.5 Å². The van der Waals surface area contributed by atoms with E-state index in [-0.39, 0.29) is 12.2 Å². The molecule has 0 unspecified atom stereocenters. The molecule has 31 heavy (non-hydrogen) atoms. The van der Waals surface area contributed by atoms with E-state index in [2.05, 4.69) is 36.9 Å². The fraction of sp³-hybridized carbons (Fsp3) is 0.760. The molecule has 2 atom stereocenters. The van der Waals surface area contributed by atoms with E-state index in [0.29, 0.717) is 17.6 Å². The Morgan fingerprint density at radius 1 is 1.03 bits per heavy atom. The third-order valence-corrected chi connectivity index (χ3v) is 10.0. The molecule has 6 heteroatoms. The van der Waals surface area contributed by atoms with E-state index in [1.807, 2.05) is 20.8 Å². The number of benzene rings is 1. The number of aryl methyl sites for hydroxylation is 1. The summed E-state index contributed by atoms with van der Waals surface area (Å²) in [4.78, 5) is 2.33. The minimum Gasteiger partial charge on any atom is -0.372 e. The molecule has 2 fully saturated rings. The molecule has 1 saturated heterocycles. The van der Waals surface area contributed by atoms with Crippen molar-refractivity contribution in [3.05, 3.63) is 28.8 Å². The van der Waals surface area contributed by atoms with E-state index in [1.54, 1.807) is 0 Å². The van der Waals surface area contributed by atoms with E-state index in [9.17, 15) is 8.42 Å². The van der Waals surface area contributed by atoms with Gasteiger partial charge in [0.2, 0.25) is 0 Å². The van der Waals surface area contributed by atoms with E-state index in [1.165, 1.54) is 5.56 Å². The van der Waals surface area contributed by atoms with Gasteiger partial charge in [0.25, 0.3) is 0 Å². The van der Waals surface area contributed by atoms with E-state index < -0.39 is 14.6 Å². The van der Waals surface area contributed by atoms with Crippen LogP contribution in [-0.4, -0.2) is 44.2 Å². The fourth-order valence-electron chi connectivity index (χ4n) is 4.95. The van der Waals surface area contributed by atoms with E-state index in [0.717, 1.165) is 62.3 Å². The Morgan fingerprint density at radius 2 is 1.61 bits per heavy atom. The average Bonchev–Trinajstić information content (AvgIpc) is 2.65. The van der Waals surface area contributed by atoms with Crippen LogP contribution >= 0.6 is 11.6 Å². The topological polar surface area (TPSA) is 46.6 Å². The van der Waals surface area contributed by atoms with Crippen molar-refractivity contribution < 1.29 is 13.2 Å². The summed E-state index contributed by atoms with van der Waals surface area (Å²) in [5.74, 6) is 1.36. The number of ether oxygens (including phenoxy) is 1. The minimum absolute atomic E-state index is 0.216. The standard InChI is InChI=1S/C25H40ClNO3S/c1-18-15-27(16-19(2)30-18)24-13-12-21(14-23(24)26)9-6-20-7-10-22(11-8-20)17-31(28,29)25(3,4)5/h12-14,18-20,22H,6-11,15-17H2,1-5H3/t18-,19+,20?,22?. The summed E-state index contributed by atoms with van der Waals surface area (Å²) < 4.78 is 30.2. The van der Waals surface area contributed by atoms with Gasteiger partial charge < -0.3 is 9.64 Å². The van der Waals surface area contributed by atoms with Crippen molar-refractivity contribution in [3.8, 4) is 0 Å². The maximum absolute atomic E-state index is 12.5. The Labute approximate surface area is 194 Å². The van der Waals surface area contributed by atoms with Crippen molar-refractivity contribution in [3.63, 3.8) is 0 Å². The monoisotopic (exact) mass is 469 g/mol. The summed E-state index contributed by atoms with van der Waals surface area (Å²) in [6.07, 6.45) is 6.96. The van der Waals surface area contributed by atoms with Gasteiger partial charge in [-0.25, -0.2) is 8.42 Å². The van der Waals surface area contributed by atoms with Crippen LogP contribution in [0, 0.1) is 11.8 Å². The number of hydrogen-bond donors (Lipinski definition) is 0. The third kappa shape index (κ3) is 6.61. The molecule has 1 aliphatic carbocycles. The van der Waals surface area contributed by atoms with Crippen LogP contribution < -0.4 is 4.90 Å². The first-order valence-electron chi connectivity index (χ1n) is 11.9. The van der Waals surface area contributed by atoms with Crippen LogP contribution in [0.2, 0.25) is 5.02 Å². The zero-order valence-corrected chi connectivity index (χ0v) is 21.4. The van der Waals surface area contributed by atoms with Crippen molar-refractivity contribution in [2.24, 2.45) is 11.8 Å². The highest BCUT2D eigenvalue weighted by atomic mass is 35.5. The number of halogens is 1. The summed E-state index contributed by atoms with van der Waals surface area (Å²) >= 11 is 6.66. The molecule has 1 aromatic rings. The molecule has 0 aromatic heterocycles. The van der Waals surface area contributed by atoms with Gasteiger partial charge in [0.15, 0.2) is 9.84 Å². The number of sulfone groups is 1. The molecular formula is C25H40ClNO3S. The van der Waals surface area contributed by atoms with Gasteiger partial charge in [0, 0.05) is 13.1 Å². The molecule has 4 nitrogen and oxygen atoms in total. The van der Waals surface area contributed by atoms with Crippen LogP contribution in [0.15, 0.2) is 18.2 Å². The van der Waals surface area contributed by atoms with Crippen LogP contribution in [-0.2, 0) is 21.0 Å². The van der Waals surface area contributed by atoms with Crippen molar-refractivity contribution in [1.29, 1.82) is 0 Å². The SMILES string of the molecule is C[C@@H]1CN(c2ccc(CCC3CCC(CS(=O)(=O)C(C)(C)C)CC3)cc2Cl)C[C@H](C)O1. The second-order valence-corrected chi connectivity index (χ2v) is 14.0. The largest absolute Gasteiger partial charge is 0.372 e. The minimum atomic E-state index is -3.02. The quantitative estimate of drug-likeness (QED) is 0.519. The molecule has 2 aliphatic rings. The van der Waals surface area contributed by atoms with Gasteiger partial charge in [-0.05, 0) is 89.8 Å². The Kier molecular flexibility index (Phi) is 8.02. The van der Waals surface area contributed by atoms with Gasteiger partial charge >= 0.3 is 0 Å². The summed E-state index contributed by atoms with van der Waals surface area (Å²) in [6, 6.07) is 6.51. The summed E-state index contributed by atoms with van der Waals surface area (Å²) in [5, 5.41) is 0.829. The van der Waals surface area contributed by atoms with Crippen LogP contribution in [0.25, 0.3) is 0 Å². The van der Waals surface area contributed by atoms with Gasteiger partial charge in [0.1, 0.15) is 0 Å². The number of anilines is 1. The summed E-state index contributed by atoms with van der Waals surface area (Å²) in [5.41, 5.74) is 2.40. The van der Waals surface area contributed by atoms with Crippen molar-refractivity contribution in [2.75, 3.05) is 23.7 Å². The highest BCUT2D eigenvalue weighted by Crippen LogP contribution is 2.35. The van der Waals surface area contributed by atoms with Gasteiger partial charge in [-0.15, -0.1) is 0 Å². The molecule has 1 aliphatic heterocycles. The van der Waals surface area contributed by atoms with Gasteiger partial charge in [-0.2, -0.15) is 0 Å². The number of hydrogen-bond acceptors (Lipinski definition) is 4. The molecule has 1 heterocycles. The Hall–Kier alpha value is -0.780. The lowest BCUT2D eigenvalue weighted by Crippen LogP contribution is -2.45. The van der Waals surface area contributed by atoms with Crippen LogP contribution in [0.4, 0.5) is 5.69 Å². The van der Waals surface area contributed by atoms with Crippen LogP contribution in [0.3, 0.4) is 0 Å². The average molecular weight is 470 g/mol. The molecule has 0 amide bonds. The van der Waals surface area contributed by atoms with E-state index in [4.69, 9.17) is 16.3 Å². The second kappa shape index (κ2) is 10.0. The molecule has 3 rings (SSSR count). The molecule has 0 N–H and O–H groups in total. The molecule has 0 bridgehead atoms. The lowest BCUT2D eigenvalue weighted by molar-refractivity contribution is -0.00521. The smallest absolute Gasteiger partial charge is 0.155 e. The molecular weight excluding hydrogens is 430 g/mol. The summed E-state index contributed by atoms with van der Waals surface area (Å²) in [7, 11) is -3.02. The lowest BCUT2D eigenvalue weighted by Gasteiger charge is -2.37. The Bertz CT molecular complexity index is 831. The molecule has 0 spiro atoms. The van der Waals surface area contributed by atoms with Gasteiger partial charge in [-0.3, -0.25) is 0 Å². The molecule has 176 valence electrons. The maximum atomic E-state index is 12.5. The first-order chi connectivity index (χ1) is 14.4. The maximum Gasteiger partial charge on any atom is 0.155 e. The first-order valence-corrected chi connectivity index (χ1v) is 13.9. The van der Waals surface area contributed by atoms with Crippen LogP contribution in [0.5, 0.6) is 0 Å². The Morgan fingerprint density at radius 3 is 2.16 bits per heavy atom. The first kappa shape index (κ1) is 24.9. The Balaban J connectivity index is 1.49. The highest BCUT2D eigenvalue weighted by Gasteiger charge is 2.33. The van der Waals surface area contributed by atoms with Crippen molar-refractivity contribution in [2.45, 2.75) is 90.1 Å². The number of rotatable bonds is 6. The molecule has 1 aromatic carbocycles. The highest BCUT2D eigenvalue weighted by molar-refractivity contribution is 7.92. The summed E-state index contributed by atoms with van der Waals surface area (Å²) in [6.45, 7) is 11.4. The van der Waals surface area contributed by atoms with Crippen molar-refractivity contribution in [1.82, 2.24) is 0 Å². The van der Waals surface area contributed by atoms with Crippen molar-refractivity contribution >= 4 is 27.1 Å².